The Kier molecular flexibility index (Phi) is 3.50. The topological polar surface area (TPSA) is 140 Å². The first-order valence-corrected chi connectivity index (χ1v) is 5.37. The van der Waals surface area contributed by atoms with E-state index in [0.29, 0.717) is 0 Å². The standard InChI is InChI=1S/C9H14N2O7/c12-2-4-5(14)6(15)8(18-4)11-1-3(13)7(16)10-9(11)17/h3-6,8,12-15H,1-2H2,(H,10,16,17)/t3?,4-,5-,6-,8-/m1/s1. The molecule has 2 fully saturated rings. The summed E-state index contributed by atoms with van der Waals surface area (Å²) in [6.07, 6.45) is -6.44. The first-order chi connectivity index (χ1) is 8.45. The summed E-state index contributed by atoms with van der Waals surface area (Å²) < 4.78 is 5.12. The normalized spacial score (nSPS) is 41.1. The van der Waals surface area contributed by atoms with Crippen LogP contribution in [0.2, 0.25) is 0 Å². The lowest BCUT2D eigenvalue weighted by molar-refractivity contribution is -0.137. The summed E-state index contributed by atoms with van der Waals surface area (Å²) in [6.45, 7) is -0.872. The Morgan fingerprint density at radius 1 is 1.28 bits per heavy atom. The number of hydrogen-bond donors (Lipinski definition) is 5. The predicted molar refractivity (Wildman–Crippen MR) is 54.0 cm³/mol. The summed E-state index contributed by atoms with van der Waals surface area (Å²) in [5.41, 5.74) is 0. The summed E-state index contributed by atoms with van der Waals surface area (Å²) >= 11 is 0. The van der Waals surface area contributed by atoms with E-state index >= 15 is 0 Å². The van der Waals surface area contributed by atoms with Crippen LogP contribution < -0.4 is 5.32 Å². The van der Waals surface area contributed by atoms with Crippen LogP contribution in [0.3, 0.4) is 0 Å². The number of aliphatic hydroxyl groups excluding tert-OH is 4. The second-order valence-corrected chi connectivity index (χ2v) is 4.19. The molecule has 0 radical (unpaired) electrons. The zero-order chi connectivity index (χ0) is 13.4. The highest BCUT2D eigenvalue weighted by atomic mass is 16.6. The minimum Gasteiger partial charge on any atom is -0.394 e. The Morgan fingerprint density at radius 3 is 2.50 bits per heavy atom. The van der Waals surface area contributed by atoms with Crippen LogP contribution in [-0.2, 0) is 9.53 Å². The zero-order valence-electron chi connectivity index (χ0n) is 9.26. The van der Waals surface area contributed by atoms with Crippen molar-refractivity contribution >= 4 is 11.9 Å². The van der Waals surface area contributed by atoms with Crippen molar-refractivity contribution in [3.63, 3.8) is 0 Å². The number of rotatable bonds is 2. The molecule has 0 aromatic heterocycles. The molecule has 2 aliphatic rings. The lowest BCUT2D eigenvalue weighted by Gasteiger charge is -2.34. The van der Waals surface area contributed by atoms with Crippen LogP contribution in [0.5, 0.6) is 0 Å². The number of β-amino-alcohol motifs (C(OH)–C–C–N with tert-alkyl or cyclic N) is 1. The second-order valence-electron chi connectivity index (χ2n) is 4.19. The number of ether oxygens (including phenoxy) is 1. The molecule has 9 heteroatoms. The quantitative estimate of drug-likeness (QED) is 0.345. The predicted octanol–water partition coefficient (Wildman–Crippen LogP) is -3.66. The van der Waals surface area contributed by atoms with E-state index in [1.807, 2.05) is 5.32 Å². The van der Waals surface area contributed by atoms with E-state index < -0.39 is 49.2 Å². The number of imide groups is 1. The van der Waals surface area contributed by atoms with Crippen molar-refractivity contribution in [1.29, 1.82) is 0 Å². The molecule has 0 spiro atoms. The maximum absolute atomic E-state index is 11.5. The van der Waals surface area contributed by atoms with Crippen LogP contribution >= 0.6 is 0 Å². The summed E-state index contributed by atoms with van der Waals surface area (Å²) in [5.74, 6) is -0.831. The fourth-order valence-electron chi connectivity index (χ4n) is 1.97. The molecule has 102 valence electrons. The third-order valence-electron chi connectivity index (χ3n) is 2.99. The molecular weight excluding hydrogens is 248 g/mol. The number of hydrogen-bond acceptors (Lipinski definition) is 7. The highest BCUT2D eigenvalue weighted by Crippen LogP contribution is 2.25. The minimum absolute atomic E-state index is 0.350. The van der Waals surface area contributed by atoms with Gasteiger partial charge in [-0.15, -0.1) is 0 Å². The van der Waals surface area contributed by atoms with E-state index in [4.69, 9.17) is 9.84 Å². The number of carbonyl (C=O) groups is 2. The average molecular weight is 262 g/mol. The van der Waals surface area contributed by atoms with Crippen LogP contribution in [0.25, 0.3) is 0 Å². The molecule has 2 heterocycles. The van der Waals surface area contributed by atoms with Gasteiger partial charge in [0.1, 0.15) is 18.3 Å². The zero-order valence-corrected chi connectivity index (χ0v) is 9.26. The summed E-state index contributed by atoms with van der Waals surface area (Å²) in [6, 6.07) is -0.833. The first kappa shape index (κ1) is 13.2. The van der Waals surface area contributed by atoms with E-state index in [0.717, 1.165) is 4.90 Å². The van der Waals surface area contributed by atoms with Gasteiger partial charge >= 0.3 is 6.03 Å². The monoisotopic (exact) mass is 262 g/mol. The Morgan fingerprint density at radius 2 is 1.94 bits per heavy atom. The van der Waals surface area contributed by atoms with Gasteiger partial charge < -0.3 is 25.2 Å². The van der Waals surface area contributed by atoms with Gasteiger partial charge in [0.25, 0.3) is 5.91 Å². The fourth-order valence-corrected chi connectivity index (χ4v) is 1.97. The van der Waals surface area contributed by atoms with Gasteiger partial charge in [0.05, 0.1) is 13.2 Å². The van der Waals surface area contributed by atoms with Gasteiger partial charge in [-0.25, -0.2) is 4.79 Å². The molecule has 5 atom stereocenters. The number of aliphatic hydroxyl groups is 4. The summed E-state index contributed by atoms with van der Waals surface area (Å²) in [4.78, 5) is 23.5. The molecule has 0 saturated carbocycles. The van der Waals surface area contributed by atoms with E-state index in [2.05, 4.69) is 0 Å². The van der Waals surface area contributed by atoms with Crippen LogP contribution in [-0.4, -0.2) is 81.1 Å². The van der Waals surface area contributed by atoms with Crippen molar-refractivity contribution in [2.24, 2.45) is 0 Å². The molecule has 2 rings (SSSR count). The van der Waals surface area contributed by atoms with Gasteiger partial charge in [0.15, 0.2) is 12.3 Å². The van der Waals surface area contributed by atoms with Gasteiger partial charge in [0.2, 0.25) is 0 Å². The minimum atomic E-state index is -1.43. The van der Waals surface area contributed by atoms with Gasteiger partial charge in [-0.2, -0.15) is 0 Å². The Hall–Kier alpha value is -1.26. The van der Waals surface area contributed by atoms with Crippen molar-refractivity contribution in [2.75, 3.05) is 13.2 Å². The van der Waals surface area contributed by atoms with Gasteiger partial charge in [0, 0.05) is 0 Å². The molecule has 0 aromatic rings. The molecule has 18 heavy (non-hydrogen) atoms. The average Bonchev–Trinajstić information content (AvgIpc) is 2.61. The molecule has 5 N–H and O–H groups in total. The number of carbonyl (C=O) groups excluding carboxylic acids is 2. The molecule has 0 aliphatic carbocycles. The summed E-state index contributed by atoms with van der Waals surface area (Å²) in [5, 5.41) is 39.4. The number of urea groups is 1. The Balaban J connectivity index is 2.12. The van der Waals surface area contributed by atoms with Crippen molar-refractivity contribution in [1.82, 2.24) is 10.2 Å². The summed E-state index contributed by atoms with van der Waals surface area (Å²) in [7, 11) is 0. The van der Waals surface area contributed by atoms with Gasteiger partial charge in [-0.05, 0) is 0 Å². The van der Waals surface area contributed by atoms with Crippen LogP contribution in [0.1, 0.15) is 0 Å². The van der Waals surface area contributed by atoms with Crippen molar-refractivity contribution in [3.8, 4) is 0 Å². The van der Waals surface area contributed by atoms with E-state index in [1.165, 1.54) is 0 Å². The second kappa shape index (κ2) is 4.78. The highest BCUT2D eigenvalue weighted by molar-refractivity contribution is 5.99. The third-order valence-corrected chi connectivity index (χ3v) is 2.99. The molecule has 0 aromatic carbocycles. The number of nitrogens with one attached hydrogen (secondary N) is 1. The maximum atomic E-state index is 11.5. The van der Waals surface area contributed by atoms with Crippen molar-refractivity contribution < 1.29 is 34.8 Å². The number of nitrogens with zero attached hydrogens (tertiary/aromatic N) is 1. The molecule has 1 unspecified atom stereocenters. The van der Waals surface area contributed by atoms with Gasteiger partial charge in [-0.3, -0.25) is 15.0 Å². The molecular formula is C9H14N2O7. The van der Waals surface area contributed by atoms with Crippen molar-refractivity contribution in [2.45, 2.75) is 30.6 Å². The lowest BCUT2D eigenvalue weighted by atomic mass is 10.1. The van der Waals surface area contributed by atoms with Gasteiger partial charge in [-0.1, -0.05) is 0 Å². The molecule has 9 nitrogen and oxygen atoms in total. The SMILES string of the molecule is O=C1NC(=O)N([C@@H]2O[C@H](CO)[C@@H](O)[C@H]2O)CC1O. The Bertz CT molecular complexity index is 363. The molecule has 3 amide bonds. The number of amides is 3. The van der Waals surface area contributed by atoms with Crippen LogP contribution in [0.4, 0.5) is 4.79 Å². The lowest BCUT2D eigenvalue weighted by Crippen LogP contribution is -2.61. The highest BCUT2D eigenvalue weighted by Gasteiger charge is 2.48. The smallest absolute Gasteiger partial charge is 0.326 e. The van der Waals surface area contributed by atoms with E-state index in [-0.39, 0.29) is 6.54 Å². The third kappa shape index (κ3) is 2.06. The molecule has 0 bridgehead atoms. The van der Waals surface area contributed by atoms with Crippen LogP contribution in [0, 0.1) is 0 Å². The largest absolute Gasteiger partial charge is 0.394 e. The van der Waals surface area contributed by atoms with Crippen LogP contribution in [0.15, 0.2) is 0 Å². The van der Waals surface area contributed by atoms with E-state index in [1.54, 1.807) is 0 Å². The van der Waals surface area contributed by atoms with E-state index in [9.17, 15) is 24.9 Å². The molecule has 2 aliphatic heterocycles. The fraction of sp³-hybridized carbons (Fsp3) is 0.778. The first-order valence-electron chi connectivity index (χ1n) is 5.37. The maximum Gasteiger partial charge on any atom is 0.326 e. The Labute approximate surface area is 102 Å². The van der Waals surface area contributed by atoms with Crippen molar-refractivity contribution in [3.05, 3.63) is 0 Å². The molecule has 2 saturated heterocycles.